The van der Waals surface area contributed by atoms with E-state index in [1.54, 1.807) is 0 Å². The topological polar surface area (TPSA) is 23.8 Å². The van der Waals surface area contributed by atoms with Gasteiger partial charge in [-0.15, -0.1) is 0 Å². The van der Waals surface area contributed by atoms with Gasteiger partial charge in [-0.25, -0.2) is 0 Å². The molecule has 0 saturated carbocycles. The lowest BCUT2D eigenvalue weighted by Gasteiger charge is -2.02. The van der Waals surface area contributed by atoms with Gasteiger partial charge in [0.1, 0.15) is 0 Å². The molecule has 1 heteroatoms. The van der Waals surface area contributed by atoms with E-state index >= 15 is 0 Å². The highest BCUT2D eigenvalue weighted by atomic mass is 14.2. The SMILES string of the molecule is Cc1cccc(C/C(C#N)=C\c2ccccc2)c1. The van der Waals surface area contributed by atoms with Crippen molar-refractivity contribution in [3.05, 3.63) is 76.9 Å². The van der Waals surface area contributed by atoms with Crippen LogP contribution in [0.5, 0.6) is 0 Å². The Bertz CT molecular complexity index is 589. The Labute approximate surface area is 108 Å². The molecule has 0 saturated heterocycles. The fourth-order valence-corrected chi connectivity index (χ4v) is 1.92. The van der Waals surface area contributed by atoms with Crippen LogP contribution in [0.4, 0.5) is 0 Å². The van der Waals surface area contributed by atoms with Gasteiger partial charge >= 0.3 is 0 Å². The number of aryl methyl sites for hydroxylation is 1. The van der Waals surface area contributed by atoms with E-state index in [0.717, 1.165) is 11.1 Å². The summed E-state index contributed by atoms with van der Waals surface area (Å²) in [6, 6.07) is 20.5. The van der Waals surface area contributed by atoms with Crippen molar-refractivity contribution in [2.75, 3.05) is 0 Å². The van der Waals surface area contributed by atoms with Gasteiger partial charge < -0.3 is 0 Å². The average molecular weight is 233 g/mol. The first kappa shape index (κ1) is 12.1. The van der Waals surface area contributed by atoms with Crippen LogP contribution in [0.1, 0.15) is 16.7 Å². The third kappa shape index (κ3) is 3.33. The summed E-state index contributed by atoms with van der Waals surface area (Å²) in [6.45, 7) is 2.07. The molecule has 0 radical (unpaired) electrons. The maximum Gasteiger partial charge on any atom is 0.0950 e. The third-order valence-electron chi connectivity index (χ3n) is 2.76. The minimum atomic E-state index is 0.688. The molecular formula is C17H15N. The van der Waals surface area contributed by atoms with Crippen LogP contribution in [0.2, 0.25) is 0 Å². The van der Waals surface area contributed by atoms with E-state index in [2.05, 4.69) is 31.2 Å². The van der Waals surface area contributed by atoms with Gasteiger partial charge in [0.15, 0.2) is 0 Å². The summed E-state index contributed by atoms with van der Waals surface area (Å²) in [4.78, 5) is 0. The average Bonchev–Trinajstić information content (AvgIpc) is 2.39. The fourth-order valence-electron chi connectivity index (χ4n) is 1.92. The van der Waals surface area contributed by atoms with Gasteiger partial charge in [-0.2, -0.15) is 5.26 Å². The van der Waals surface area contributed by atoms with Crippen molar-refractivity contribution in [3.63, 3.8) is 0 Å². The number of nitriles is 1. The molecule has 0 unspecified atom stereocenters. The standard InChI is InChI=1S/C17H15N/c1-14-6-5-9-16(10-14)12-17(13-18)11-15-7-3-2-4-8-15/h2-11H,12H2,1H3/b17-11+. The van der Waals surface area contributed by atoms with Crippen molar-refractivity contribution < 1.29 is 0 Å². The monoisotopic (exact) mass is 233 g/mol. The molecule has 2 aromatic carbocycles. The van der Waals surface area contributed by atoms with Crippen LogP contribution in [0, 0.1) is 18.3 Å². The molecule has 0 aliphatic heterocycles. The van der Waals surface area contributed by atoms with Gasteiger partial charge in [0, 0.05) is 12.0 Å². The molecular weight excluding hydrogens is 218 g/mol. The fraction of sp³-hybridized carbons (Fsp3) is 0.118. The first-order valence-corrected chi connectivity index (χ1v) is 5.99. The van der Waals surface area contributed by atoms with Gasteiger partial charge in [-0.1, -0.05) is 60.2 Å². The van der Waals surface area contributed by atoms with Gasteiger partial charge in [0.2, 0.25) is 0 Å². The van der Waals surface area contributed by atoms with Crippen LogP contribution < -0.4 is 0 Å². The zero-order chi connectivity index (χ0) is 12.8. The first-order chi connectivity index (χ1) is 8.78. The minimum absolute atomic E-state index is 0.688. The highest BCUT2D eigenvalue weighted by Gasteiger charge is 1.99. The maximum atomic E-state index is 9.20. The van der Waals surface area contributed by atoms with E-state index in [1.165, 1.54) is 11.1 Å². The Balaban J connectivity index is 2.21. The zero-order valence-electron chi connectivity index (χ0n) is 10.4. The predicted molar refractivity (Wildman–Crippen MR) is 74.9 cm³/mol. The molecule has 0 N–H and O–H groups in total. The van der Waals surface area contributed by atoms with Crippen LogP contribution in [0.25, 0.3) is 6.08 Å². The Kier molecular flexibility index (Phi) is 3.94. The second kappa shape index (κ2) is 5.84. The molecule has 0 aliphatic rings. The molecule has 0 aliphatic carbocycles. The lowest BCUT2D eigenvalue weighted by molar-refractivity contribution is 1.20. The van der Waals surface area contributed by atoms with Gasteiger partial charge in [0.05, 0.1) is 6.07 Å². The minimum Gasteiger partial charge on any atom is -0.193 e. The second-order valence-corrected chi connectivity index (χ2v) is 4.36. The summed E-state index contributed by atoms with van der Waals surface area (Å²) in [5.41, 5.74) is 4.26. The van der Waals surface area contributed by atoms with Crippen molar-refractivity contribution >= 4 is 6.08 Å². The number of nitrogens with zero attached hydrogens (tertiary/aromatic N) is 1. The van der Waals surface area contributed by atoms with Crippen LogP contribution in [-0.2, 0) is 6.42 Å². The smallest absolute Gasteiger partial charge is 0.0950 e. The van der Waals surface area contributed by atoms with Gasteiger partial charge in [-0.05, 0) is 24.1 Å². The van der Waals surface area contributed by atoms with Crippen LogP contribution in [0.15, 0.2) is 60.2 Å². The summed E-state index contributed by atoms with van der Waals surface area (Å²) < 4.78 is 0. The van der Waals surface area contributed by atoms with E-state index in [0.29, 0.717) is 6.42 Å². The molecule has 2 rings (SSSR count). The predicted octanol–water partition coefficient (Wildman–Crippen LogP) is 4.14. The zero-order valence-corrected chi connectivity index (χ0v) is 10.4. The molecule has 18 heavy (non-hydrogen) atoms. The molecule has 88 valence electrons. The summed E-state index contributed by atoms with van der Waals surface area (Å²) in [6.07, 6.45) is 2.63. The van der Waals surface area contributed by atoms with Crippen LogP contribution in [0.3, 0.4) is 0 Å². The Morgan fingerprint density at radius 1 is 1.11 bits per heavy atom. The molecule has 2 aromatic rings. The molecule has 0 amide bonds. The number of benzene rings is 2. The van der Waals surface area contributed by atoms with E-state index in [4.69, 9.17) is 0 Å². The largest absolute Gasteiger partial charge is 0.193 e. The highest BCUT2D eigenvalue weighted by Crippen LogP contribution is 2.13. The molecule has 0 aromatic heterocycles. The second-order valence-electron chi connectivity index (χ2n) is 4.36. The Morgan fingerprint density at radius 2 is 1.89 bits per heavy atom. The van der Waals surface area contributed by atoms with Gasteiger partial charge in [-0.3, -0.25) is 0 Å². The molecule has 1 nitrogen and oxygen atoms in total. The van der Waals surface area contributed by atoms with E-state index in [-0.39, 0.29) is 0 Å². The lowest BCUT2D eigenvalue weighted by Crippen LogP contribution is -1.89. The molecule has 0 bridgehead atoms. The van der Waals surface area contributed by atoms with Crippen molar-refractivity contribution in [1.82, 2.24) is 0 Å². The number of hydrogen-bond acceptors (Lipinski definition) is 1. The highest BCUT2D eigenvalue weighted by molar-refractivity contribution is 5.57. The van der Waals surface area contributed by atoms with Gasteiger partial charge in [0.25, 0.3) is 0 Å². The van der Waals surface area contributed by atoms with Crippen molar-refractivity contribution in [3.8, 4) is 6.07 Å². The Morgan fingerprint density at radius 3 is 2.56 bits per heavy atom. The number of hydrogen-bond donors (Lipinski definition) is 0. The summed E-state index contributed by atoms with van der Waals surface area (Å²) in [5.74, 6) is 0. The lowest BCUT2D eigenvalue weighted by atomic mass is 10.0. The van der Waals surface area contributed by atoms with E-state index in [1.807, 2.05) is 42.5 Å². The summed E-state index contributed by atoms with van der Waals surface area (Å²) in [7, 11) is 0. The van der Waals surface area contributed by atoms with E-state index in [9.17, 15) is 5.26 Å². The van der Waals surface area contributed by atoms with Crippen molar-refractivity contribution in [1.29, 1.82) is 5.26 Å². The maximum absolute atomic E-state index is 9.20. The number of rotatable bonds is 3. The normalized spacial score (nSPS) is 11.0. The molecule has 0 fully saturated rings. The number of allylic oxidation sites excluding steroid dienone is 1. The van der Waals surface area contributed by atoms with E-state index < -0.39 is 0 Å². The molecule has 0 spiro atoms. The Hall–Kier alpha value is -2.33. The summed E-state index contributed by atoms with van der Waals surface area (Å²) >= 11 is 0. The third-order valence-corrected chi connectivity index (χ3v) is 2.76. The summed E-state index contributed by atoms with van der Waals surface area (Å²) in [5, 5.41) is 9.20. The van der Waals surface area contributed by atoms with Crippen molar-refractivity contribution in [2.45, 2.75) is 13.3 Å². The molecule has 0 heterocycles. The van der Waals surface area contributed by atoms with Crippen LogP contribution >= 0.6 is 0 Å². The first-order valence-electron chi connectivity index (χ1n) is 5.99. The van der Waals surface area contributed by atoms with Crippen molar-refractivity contribution in [2.24, 2.45) is 0 Å². The van der Waals surface area contributed by atoms with Crippen LogP contribution in [-0.4, -0.2) is 0 Å². The quantitative estimate of drug-likeness (QED) is 0.731. The molecule has 0 atom stereocenters.